The molecule has 0 spiro atoms. The van der Waals surface area contributed by atoms with Gasteiger partial charge in [0.25, 0.3) is 0 Å². The van der Waals surface area contributed by atoms with Gasteiger partial charge in [0.2, 0.25) is 5.76 Å². The number of carboxylic acids is 1. The van der Waals surface area contributed by atoms with Crippen molar-refractivity contribution in [3.63, 3.8) is 0 Å². The molecule has 0 saturated carbocycles. The van der Waals surface area contributed by atoms with Gasteiger partial charge >= 0.3 is 17.9 Å². The SMILES string of the molecule is CO/C1=C/C(C)=C/C(C)C(O)C(C)C/C(C)=C/C=C\C(OC)C(C(C)C(O)C(C)C(=O)CC(OC(=O)/C=C/C(=O)O)C(C)C(C)O)OC1=O. The highest BCUT2D eigenvalue weighted by atomic mass is 16.6. The van der Waals surface area contributed by atoms with E-state index in [0.717, 1.165) is 5.57 Å². The fourth-order valence-corrected chi connectivity index (χ4v) is 5.69. The van der Waals surface area contributed by atoms with Gasteiger partial charge in [-0.15, -0.1) is 0 Å². The summed E-state index contributed by atoms with van der Waals surface area (Å²) in [5.74, 6) is -6.71. The van der Waals surface area contributed by atoms with Crippen LogP contribution in [0.25, 0.3) is 0 Å². The van der Waals surface area contributed by atoms with E-state index in [1.54, 1.807) is 32.9 Å². The number of methoxy groups -OCH3 is 2. The van der Waals surface area contributed by atoms with Crippen molar-refractivity contribution in [2.45, 2.75) is 105 Å². The molecule has 0 aromatic carbocycles. The van der Waals surface area contributed by atoms with Crippen LogP contribution in [0.4, 0.5) is 0 Å². The normalized spacial score (nSPS) is 30.4. The van der Waals surface area contributed by atoms with Crippen LogP contribution in [0.5, 0.6) is 0 Å². The summed E-state index contributed by atoms with van der Waals surface area (Å²) in [5.41, 5.74) is 1.67. The van der Waals surface area contributed by atoms with E-state index in [2.05, 4.69) is 0 Å². The van der Waals surface area contributed by atoms with Crippen molar-refractivity contribution in [3.05, 3.63) is 59.4 Å². The molecule has 0 amide bonds. The van der Waals surface area contributed by atoms with Gasteiger partial charge in [-0.3, -0.25) is 4.79 Å². The Labute approximate surface area is 290 Å². The first-order chi connectivity index (χ1) is 22.8. The number of allylic oxidation sites excluding steroid dienone is 5. The average molecular weight is 693 g/mol. The Bertz CT molecular complexity index is 1280. The quantitative estimate of drug-likeness (QED) is 0.160. The number of ketones is 1. The smallest absolute Gasteiger partial charge is 0.373 e. The fourth-order valence-electron chi connectivity index (χ4n) is 5.69. The minimum Gasteiger partial charge on any atom is -0.490 e. The van der Waals surface area contributed by atoms with Crippen LogP contribution >= 0.6 is 0 Å². The number of aliphatic carboxylic acids is 1. The zero-order chi connectivity index (χ0) is 37.6. The number of carbonyl (C=O) groups excluding carboxylic acids is 3. The van der Waals surface area contributed by atoms with Gasteiger partial charge in [0.05, 0.1) is 25.4 Å². The molecule has 49 heavy (non-hydrogen) atoms. The Morgan fingerprint density at radius 2 is 1.69 bits per heavy atom. The number of hydrogen-bond donors (Lipinski definition) is 4. The van der Waals surface area contributed by atoms with Gasteiger partial charge in [0.15, 0.2) is 0 Å². The molecule has 0 saturated heterocycles. The molecule has 4 N–H and O–H groups in total. The van der Waals surface area contributed by atoms with Crippen LogP contribution in [0.15, 0.2) is 59.4 Å². The second kappa shape index (κ2) is 20.8. The Hall–Kier alpha value is -3.58. The molecule has 12 heteroatoms. The van der Waals surface area contributed by atoms with Crippen molar-refractivity contribution < 1.29 is 58.6 Å². The lowest BCUT2D eigenvalue weighted by Gasteiger charge is -2.34. The molecule has 0 aliphatic carbocycles. The van der Waals surface area contributed by atoms with Crippen molar-refractivity contribution in [1.29, 1.82) is 0 Å². The summed E-state index contributed by atoms with van der Waals surface area (Å²) in [7, 11) is 2.75. The van der Waals surface area contributed by atoms with E-state index >= 15 is 0 Å². The average Bonchev–Trinajstić information content (AvgIpc) is 3.04. The molecule has 0 bridgehead atoms. The predicted molar refractivity (Wildman–Crippen MR) is 183 cm³/mol. The van der Waals surface area contributed by atoms with E-state index in [0.29, 0.717) is 24.1 Å². The Kier molecular flexibility index (Phi) is 18.5. The highest BCUT2D eigenvalue weighted by molar-refractivity contribution is 5.91. The van der Waals surface area contributed by atoms with E-state index in [4.69, 9.17) is 24.1 Å². The number of hydrogen-bond acceptors (Lipinski definition) is 11. The summed E-state index contributed by atoms with van der Waals surface area (Å²) >= 11 is 0. The molecule has 11 unspecified atom stereocenters. The maximum absolute atomic E-state index is 13.5. The van der Waals surface area contributed by atoms with Gasteiger partial charge in [-0.25, -0.2) is 14.4 Å². The van der Waals surface area contributed by atoms with Gasteiger partial charge in [-0.2, -0.15) is 0 Å². The maximum atomic E-state index is 13.5. The second-order valence-electron chi connectivity index (χ2n) is 13.2. The molecule has 1 aliphatic heterocycles. The first-order valence-electron chi connectivity index (χ1n) is 16.5. The summed E-state index contributed by atoms with van der Waals surface area (Å²) < 4.78 is 22.3. The third-order valence-electron chi connectivity index (χ3n) is 9.05. The molecule has 12 nitrogen and oxygen atoms in total. The Morgan fingerprint density at radius 1 is 1.06 bits per heavy atom. The van der Waals surface area contributed by atoms with Crippen LogP contribution in [0, 0.1) is 29.6 Å². The second-order valence-corrected chi connectivity index (χ2v) is 13.2. The molecule has 0 fully saturated rings. The predicted octanol–water partition coefficient (Wildman–Crippen LogP) is 4.09. The van der Waals surface area contributed by atoms with Crippen LogP contribution in [0.2, 0.25) is 0 Å². The van der Waals surface area contributed by atoms with Crippen molar-refractivity contribution >= 4 is 23.7 Å². The van der Waals surface area contributed by atoms with Crippen molar-refractivity contribution in [1.82, 2.24) is 0 Å². The number of cyclic esters (lactones) is 1. The molecule has 1 rings (SSSR count). The van der Waals surface area contributed by atoms with Gasteiger partial charge in [-0.1, -0.05) is 70.1 Å². The lowest BCUT2D eigenvalue weighted by Crippen LogP contribution is -2.46. The molecule has 11 atom stereocenters. The number of carbonyl (C=O) groups is 4. The summed E-state index contributed by atoms with van der Waals surface area (Å²) in [6.07, 6.45) is 4.15. The summed E-state index contributed by atoms with van der Waals surface area (Å²) in [6, 6.07) is 0. The monoisotopic (exact) mass is 692 g/mol. The fraction of sp³-hybridized carbons (Fsp3) is 0.622. The number of Topliss-reactive ketones (excluding diaryl/α,β-unsaturated/α-hetero) is 1. The Balaban J connectivity index is 3.49. The molecule has 276 valence electrons. The lowest BCUT2D eigenvalue weighted by molar-refractivity contribution is -0.162. The van der Waals surface area contributed by atoms with Gasteiger partial charge < -0.3 is 39.4 Å². The van der Waals surface area contributed by atoms with Crippen molar-refractivity contribution in [3.8, 4) is 0 Å². The number of carboxylic acid groups (broad SMARTS) is 1. The summed E-state index contributed by atoms with van der Waals surface area (Å²) in [4.78, 5) is 50.0. The van der Waals surface area contributed by atoms with E-state index < -0.39 is 78.1 Å². The number of ether oxygens (including phenoxy) is 4. The summed E-state index contributed by atoms with van der Waals surface area (Å²) in [5, 5.41) is 41.4. The zero-order valence-corrected chi connectivity index (χ0v) is 30.4. The zero-order valence-electron chi connectivity index (χ0n) is 30.4. The van der Waals surface area contributed by atoms with Crippen molar-refractivity contribution in [2.75, 3.05) is 14.2 Å². The van der Waals surface area contributed by atoms with Gasteiger partial charge in [-0.05, 0) is 39.2 Å². The molecule has 0 radical (unpaired) electrons. The summed E-state index contributed by atoms with van der Waals surface area (Å²) in [6.45, 7) is 13.7. The van der Waals surface area contributed by atoms with E-state index in [-0.39, 0.29) is 24.0 Å². The topological polar surface area (TPSA) is 186 Å². The van der Waals surface area contributed by atoms with Crippen LogP contribution in [-0.2, 0) is 38.1 Å². The van der Waals surface area contributed by atoms with Gasteiger partial charge in [0.1, 0.15) is 24.1 Å². The molecular formula is C37H56O12. The molecule has 1 aliphatic rings. The molecule has 0 aromatic heterocycles. The largest absolute Gasteiger partial charge is 0.490 e. The van der Waals surface area contributed by atoms with E-state index in [9.17, 15) is 34.5 Å². The number of aliphatic hydroxyl groups is 3. The van der Waals surface area contributed by atoms with Crippen LogP contribution in [0.1, 0.15) is 68.2 Å². The number of esters is 2. The number of aliphatic hydroxyl groups excluding tert-OH is 3. The van der Waals surface area contributed by atoms with E-state index in [1.165, 1.54) is 34.1 Å². The molecule has 0 aromatic rings. The van der Waals surface area contributed by atoms with Crippen LogP contribution in [0.3, 0.4) is 0 Å². The van der Waals surface area contributed by atoms with Crippen molar-refractivity contribution in [2.24, 2.45) is 29.6 Å². The minimum atomic E-state index is -1.37. The highest BCUT2D eigenvalue weighted by Crippen LogP contribution is 2.28. The Morgan fingerprint density at radius 3 is 2.24 bits per heavy atom. The lowest BCUT2D eigenvalue weighted by atomic mass is 9.82. The first kappa shape index (κ1) is 43.4. The number of rotatable bonds is 13. The third-order valence-corrected chi connectivity index (χ3v) is 9.05. The van der Waals surface area contributed by atoms with Gasteiger partial charge in [0, 0.05) is 49.4 Å². The highest BCUT2D eigenvalue weighted by Gasteiger charge is 2.39. The maximum Gasteiger partial charge on any atom is 0.373 e. The third kappa shape index (κ3) is 14.1. The standard InChI is InChI=1S/C37H56O12/c1-20-12-11-13-29(46-9)36(49-37(45)31(47-10)18-21(2)17-23(4)34(43)22(3)16-20)26(7)35(44)25(6)28(39)19-30(24(5)27(8)38)48-33(42)15-14-32(40)41/h11-15,17-18,22-27,29-30,34-36,38,43-44H,16,19H2,1-10H3,(H,40,41)/b13-11-,15-14+,20-12+,21-17+,31-18+. The molecular weight excluding hydrogens is 636 g/mol. The van der Waals surface area contributed by atoms with Crippen LogP contribution < -0.4 is 0 Å². The minimum absolute atomic E-state index is 0.0551. The van der Waals surface area contributed by atoms with E-state index in [1.807, 2.05) is 32.9 Å². The first-order valence-corrected chi connectivity index (χ1v) is 16.5. The van der Waals surface area contributed by atoms with Crippen LogP contribution in [-0.4, -0.2) is 95.0 Å². The molecule has 1 heterocycles.